The van der Waals surface area contributed by atoms with Gasteiger partial charge in [-0.15, -0.1) is 0 Å². The number of aryl methyl sites for hydroxylation is 2. The zero-order valence-corrected chi connectivity index (χ0v) is 16.0. The summed E-state index contributed by atoms with van der Waals surface area (Å²) in [6.07, 6.45) is -0.671. The molecule has 1 atom stereocenters. The molecule has 0 aliphatic rings. The molecule has 2 aromatic rings. The fraction of sp³-hybridized carbons (Fsp3) is 0.333. The summed E-state index contributed by atoms with van der Waals surface area (Å²) < 4.78 is 5.69. The average Bonchev–Trinajstić information content (AvgIpc) is 2.58. The van der Waals surface area contributed by atoms with Crippen molar-refractivity contribution in [3.8, 4) is 5.75 Å². The van der Waals surface area contributed by atoms with Gasteiger partial charge in [0.25, 0.3) is 5.91 Å². The van der Waals surface area contributed by atoms with E-state index < -0.39 is 6.10 Å². The first-order valence-corrected chi connectivity index (χ1v) is 8.62. The van der Waals surface area contributed by atoms with Gasteiger partial charge in [-0.3, -0.25) is 9.59 Å². The van der Waals surface area contributed by atoms with Crippen LogP contribution >= 0.6 is 0 Å². The van der Waals surface area contributed by atoms with Gasteiger partial charge in [-0.2, -0.15) is 0 Å². The first kappa shape index (κ1) is 19.5. The average molecular weight is 354 g/mol. The summed E-state index contributed by atoms with van der Waals surface area (Å²) in [5, 5.41) is 2.86. The molecule has 26 heavy (non-hydrogen) atoms. The van der Waals surface area contributed by atoms with Crippen LogP contribution in [0.15, 0.2) is 42.5 Å². The molecule has 5 heteroatoms. The summed E-state index contributed by atoms with van der Waals surface area (Å²) in [5.41, 5.74) is 3.95. The minimum absolute atomic E-state index is 0.0340. The first-order chi connectivity index (χ1) is 12.3. The molecule has 0 saturated heterocycles. The molecular weight excluding hydrogens is 328 g/mol. The Labute approximate surface area is 155 Å². The van der Waals surface area contributed by atoms with Gasteiger partial charge in [0.1, 0.15) is 5.75 Å². The van der Waals surface area contributed by atoms with E-state index in [4.69, 9.17) is 4.74 Å². The molecule has 0 saturated carbocycles. The van der Waals surface area contributed by atoms with Gasteiger partial charge in [0.15, 0.2) is 6.10 Å². The van der Waals surface area contributed by atoms with Crippen molar-refractivity contribution in [1.82, 2.24) is 4.90 Å². The molecule has 0 aromatic heterocycles. The summed E-state index contributed by atoms with van der Waals surface area (Å²) >= 11 is 0. The molecule has 5 nitrogen and oxygen atoms in total. The van der Waals surface area contributed by atoms with Gasteiger partial charge in [-0.25, -0.2) is 0 Å². The third-order valence-corrected chi connectivity index (χ3v) is 4.29. The monoisotopic (exact) mass is 354 g/mol. The highest BCUT2D eigenvalue weighted by molar-refractivity contribution is 5.95. The number of nitrogens with one attached hydrogen (secondary N) is 1. The Morgan fingerprint density at radius 1 is 1.12 bits per heavy atom. The van der Waals surface area contributed by atoms with Crippen LogP contribution in [0.1, 0.15) is 23.6 Å². The van der Waals surface area contributed by atoms with Crippen molar-refractivity contribution >= 4 is 17.5 Å². The molecule has 2 aromatic carbocycles. The number of amides is 2. The summed E-state index contributed by atoms with van der Waals surface area (Å²) in [6.45, 7) is 7.56. The number of likely N-dealkylation sites (N-methyl/N-ethyl adjacent to an activating group) is 1. The van der Waals surface area contributed by atoms with Crippen molar-refractivity contribution in [2.24, 2.45) is 0 Å². The fourth-order valence-electron chi connectivity index (χ4n) is 2.62. The fourth-order valence-corrected chi connectivity index (χ4v) is 2.62. The number of rotatable bonds is 6. The van der Waals surface area contributed by atoms with Gasteiger partial charge in [0.2, 0.25) is 5.91 Å². The highest BCUT2D eigenvalue weighted by atomic mass is 16.5. The molecule has 2 rings (SSSR count). The van der Waals surface area contributed by atoms with Crippen LogP contribution in [0.25, 0.3) is 0 Å². The number of hydrogen-bond acceptors (Lipinski definition) is 3. The number of nitrogens with zero attached hydrogens (tertiary/aromatic N) is 1. The van der Waals surface area contributed by atoms with Gasteiger partial charge in [0.05, 0.1) is 6.54 Å². The van der Waals surface area contributed by atoms with E-state index in [9.17, 15) is 9.59 Å². The van der Waals surface area contributed by atoms with E-state index in [1.807, 2.05) is 63.2 Å². The Morgan fingerprint density at radius 2 is 1.81 bits per heavy atom. The first-order valence-electron chi connectivity index (χ1n) is 8.62. The molecule has 0 bridgehead atoms. The molecule has 0 fully saturated rings. The Hall–Kier alpha value is -2.82. The van der Waals surface area contributed by atoms with Crippen molar-refractivity contribution in [2.45, 2.75) is 33.8 Å². The largest absolute Gasteiger partial charge is 0.481 e. The Kier molecular flexibility index (Phi) is 6.39. The van der Waals surface area contributed by atoms with Crippen molar-refractivity contribution in [1.29, 1.82) is 0 Å². The van der Waals surface area contributed by atoms with Gasteiger partial charge in [-0.1, -0.05) is 24.3 Å². The topological polar surface area (TPSA) is 58.6 Å². The van der Waals surface area contributed by atoms with E-state index in [0.29, 0.717) is 5.75 Å². The predicted octanol–water partition coefficient (Wildman–Crippen LogP) is 3.48. The van der Waals surface area contributed by atoms with Crippen LogP contribution in [0, 0.1) is 20.8 Å². The zero-order valence-electron chi connectivity index (χ0n) is 16.0. The summed E-state index contributed by atoms with van der Waals surface area (Å²) in [5.74, 6) is 0.152. The number of carbonyl (C=O) groups is 2. The van der Waals surface area contributed by atoms with Crippen LogP contribution in [0.3, 0.4) is 0 Å². The maximum Gasteiger partial charge on any atom is 0.263 e. The van der Waals surface area contributed by atoms with Crippen molar-refractivity contribution in [3.63, 3.8) is 0 Å². The van der Waals surface area contributed by atoms with Crippen LogP contribution in [-0.4, -0.2) is 36.4 Å². The van der Waals surface area contributed by atoms with Crippen LogP contribution in [0.4, 0.5) is 5.69 Å². The van der Waals surface area contributed by atoms with Gasteiger partial charge in [0, 0.05) is 12.7 Å². The zero-order chi connectivity index (χ0) is 19.3. The van der Waals surface area contributed by atoms with Crippen molar-refractivity contribution < 1.29 is 14.3 Å². The lowest BCUT2D eigenvalue weighted by Gasteiger charge is -2.22. The normalized spacial score (nSPS) is 11.6. The van der Waals surface area contributed by atoms with E-state index in [-0.39, 0.29) is 18.4 Å². The second-order valence-electron chi connectivity index (χ2n) is 6.57. The summed E-state index contributed by atoms with van der Waals surface area (Å²) in [6, 6.07) is 13.3. The standard InChI is InChI=1S/C21H26N2O3/c1-14-8-6-10-18(12-14)26-17(4)21(25)23(5)13-20(24)22-19-11-7-9-15(2)16(19)3/h6-12,17H,13H2,1-5H3,(H,22,24). The van der Waals surface area contributed by atoms with Crippen LogP contribution in [-0.2, 0) is 9.59 Å². The second kappa shape index (κ2) is 8.52. The summed E-state index contributed by atoms with van der Waals surface area (Å²) in [4.78, 5) is 26.1. The lowest BCUT2D eigenvalue weighted by molar-refractivity contribution is -0.139. The molecule has 1 N–H and O–H groups in total. The molecular formula is C21H26N2O3. The second-order valence-corrected chi connectivity index (χ2v) is 6.57. The smallest absolute Gasteiger partial charge is 0.263 e. The molecule has 2 amide bonds. The van der Waals surface area contributed by atoms with Crippen LogP contribution in [0.2, 0.25) is 0 Å². The molecule has 1 unspecified atom stereocenters. The highest BCUT2D eigenvalue weighted by Crippen LogP contribution is 2.18. The predicted molar refractivity (Wildman–Crippen MR) is 103 cm³/mol. The Morgan fingerprint density at radius 3 is 2.50 bits per heavy atom. The Balaban J connectivity index is 1.93. The van der Waals surface area contributed by atoms with E-state index in [1.165, 1.54) is 4.90 Å². The minimum Gasteiger partial charge on any atom is -0.481 e. The van der Waals surface area contributed by atoms with Gasteiger partial charge >= 0.3 is 0 Å². The van der Waals surface area contributed by atoms with Crippen LogP contribution in [0.5, 0.6) is 5.75 Å². The lowest BCUT2D eigenvalue weighted by atomic mass is 10.1. The molecule has 0 radical (unpaired) electrons. The highest BCUT2D eigenvalue weighted by Gasteiger charge is 2.21. The molecule has 0 aliphatic heterocycles. The van der Waals surface area contributed by atoms with E-state index in [2.05, 4.69) is 5.32 Å². The number of benzene rings is 2. The van der Waals surface area contributed by atoms with E-state index in [1.54, 1.807) is 14.0 Å². The molecule has 0 heterocycles. The van der Waals surface area contributed by atoms with Gasteiger partial charge < -0.3 is 15.0 Å². The molecule has 0 spiro atoms. The number of ether oxygens (including phenoxy) is 1. The van der Waals surface area contributed by atoms with Gasteiger partial charge in [-0.05, 0) is 62.6 Å². The lowest BCUT2D eigenvalue weighted by Crippen LogP contribution is -2.42. The van der Waals surface area contributed by atoms with E-state index in [0.717, 1.165) is 22.4 Å². The maximum atomic E-state index is 12.5. The molecule has 138 valence electrons. The van der Waals surface area contributed by atoms with Crippen LogP contribution < -0.4 is 10.1 Å². The quantitative estimate of drug-likeness (QED) is 0.864. The minimum atomic E-state index is -0.671. The number of anilines is 1. The third kappa shape index (κ3) is 5.09. The Bertz CT molecular complexity index is 802. The number of carbonyl (C=O) groups excluding carboxylic acids is 2. The summed E-state index contributed by atoms with van der Waals surface area (Å²) in [7, 11) is 1.60. The SMILES string of the molecule is Cc1cccc(OC(C)C(=O)N(C)CC(=O)Nc2cccc(C)c2C)c1. The maximum absolute atomic E-state index is 12.5. The third-order valence-electron chi connectivity index (χ3n) is 4.29. The van der Waals surface area contributed by atoms with Crippen molar-refractivity contribution in [3.05, 3.63) is 59.2 Å². The van der Waals surface area contributed by atoms with Crippen molar-refractivity contribution in [2.75, 3.05) is 18.9 Å². The van der Waals surface area contributed by atoms with E-state index >= 15 is 0 Å². The molecule has 0 aliphatic carbocycles. The number of hydrogen-bond donors (Lipinski definition) is 1.